The van der Waals surface area contributed by atoms with E-state index < -0.39 is 9.84 Å². The number of benzene rings is 1. The fraction of sp³-hybridized carbons (Fsp3) is 0.565. The first-order valence-corrected chi connectivity index (χ1v) is 13.0. The summed E-state index contributed by atoms with van der Waals surface area (Å²) in [5, 5.41) is 0.120. The summed E-state index contributed by atoms with van der Waals surface area (Å²) < 4.78 is 31.6. The zero-order valence-corrected chi connectivity index (χ0v) is 19.3. The van der Waals surface area contributed by atoms with Gasteiger partial charge in [-0.15, -0.1) is 0 Å². The number of carbonyl (C=O) groups excluding carboxylic acids is 1. The lowest BCUT2D eigenvalue weighted by molar-refractivity contribution is -0.145. The van der Waals surface area contributed by atoms with Crippen LogP contribution in [0.2, 0.25) is 0 Å². The van der Waals surface area contributed by atoms with Crippen molar-refractivity contribution in [2.75, 3.05) is 19.4 Å². The van der Waals surface area contributed by atoms with Crippen molar-refractivity contribution in [2.24, 2.45) is 0 Å². The van der Waals surface area contributed by atoms with Crippen molar-refractivity contribution >= 4 is 15.8 Å². The quantitative estimate of drug-likeness (QED) is 0.520. The van der Waals surface area contributed by atoms with E-state index in [1.807, 2.05) is 29.7 Å². The molecule has 7 nitrogen and oxygen atoms in total. The molecule has 1 aliphatic rings. The van der Waals surface area contributed by atoms with Gasteiger partial charge in [0.1, 0.15) is 0 Å². The van der Waals surface area contributed by atoms with Gasteiger partial charge >= 0.3 is 5.97 Å². The molecule has 1 fully saturated rings. The predicted molar refractivity (Wildman–Crippen MR) is 119 cm³/mol. The van der Waals surface area contributed by atoms with Crippen LogP contribution < -0.4 is 0 Å². The van der Waals surface area contributed by atoms with Crippen molar-refractivity contribution in [3.05, 3.63) is 47.8 Å². The van der Waals surface area contributed by atoms with E-state index in [0.29, 0.717) is 26.1 Å². The van der Waals surface area contributed by atoms with Gasteiger partial charge < -0.3 is 9.30 Å². The second-order valence-electron chi connectivity index (χ2n) is 8.17. The number of imidazole rings is 1. The van der Waals surface area contributed by atoms with Crippen LogP contribution in [-0.4, -0.2) is 54.3 Å². The van der Waals surface area contributed by atoms with Crippen LogP contribution in [0.4, 0.5) is 0 Å². The second-order valence-corrected chi connectivity index (χ2v) is 10.1. The van der Waals surface area contributed by atoms with Gasteiger partial charge in [0.15, 0.2) is 0 Å². The molecule has 2 aromatic rings. The number of piperidine rings is 1. The minimum Gasteiger partial charge on any atom is -0.466 e. The van der Waals surface area contributed by atoms with Crippen molar-refractivity contribution in [1.82, 2.24) is 14.5 Å². The standard InChI is InChI=1S/C23H33N3O4S/c1-3-30-22(27)16-20-13-7-8-14-25(20)18-21-17-24-23(31(2,28)29)26(21)15-9-12-19-10-5-4-6-11-19/h4-6,10-11,17,20H,3,7-9,12-16,18H2,1-2H3/t20-/m1/s1. The van der Waals surface area contributed by atoms with E-state index in [9.17, 15) is 13.2 Å². The lowest BCUT2D eigenvalue weighted by Gasteiger charge is -2.35. The Morgan fingerprint density at radius 3 is 2.71 bits per heavy atom. The summed E-state index contributed by atoms with van der Waals surface area (Å²) in [6.45, 7) is 4.25. The van der Waals surface area contributed by atoms with E-state index in [0.717, 1.165) is 44.3 Å². The largest absolute Gasteiger partial charge is 0.466 e. The zero-order valence-electron chi connectivity index (χ0n) is 18.5. The third-order valence-corrected chi connectivity index (χ3v) is 6.73. The summed E-state index contributed by atoms with van der Waals surface area (Å²) in [5.74, 6) is -0.174. The van der Waals surface area contributed by atoms with Crippen LogP contribution in [0.5, 0.6) is 0 Å². The number of nitrogens with zero attached hydrogens (tertiary/aromatic N) is 3. The number of ether oxygens (including phenoxy) is 1. The third kappa shape index (κ3) is 6.64. The molecule has 170 valence electrons. The molecule has 1 atom stereocenters. The van der Waals surface area contributed by atoms with Gasteiger partial charge in [0.2, 0.25) is 15.0 Å². The van der Waals surface area contributed by atoms with E-state index in [4.69, 9.17) is 4.74 Å². The Morgan fingerprint density at radius 2 is 2.00 bits per heavy atom. The topological polar surface area (TPSA) is 81.5 Å². The van der Waals surface area contributed by atoms with Gasteiger partial charge in [0, 0.05) is 25.4 Å². The molecule has 0 saturated carbocycles. The summed E-state index contributed by atoms with van der Waals surface area (Å²) in [5.41, 5.74) is 2.11. The molecule has 0 bridgehead atoms. The molecule has 3 rings (SSSR count). The molecular formula is C23H33N3O4S. The molecule has 1 saturated heterocycles. The number of sulfone groups is 1. The number of likely N-dealkylation sites (tertiary alicyclic amines) is 1. The molecule has 0 amide bonds. The minimum absolute atomic E-state index is 0.113. The van der Waals surface area contributed by atoms with Gasteiger partial charge in [-0.25, -0.2) is 13.4 Å². The normalized spacial score (nSPS) is 17.5. The summed E-state index contributed by atoms with van der Waals surface area (Å²) >= 11 is 0. The number of esters is 1. The first-order valence-electron chi connectivity index (χ1n) is 11.1. The Morgan fingerprint density at radius 1 is 1.23 bits per heavy atom. The van der Waals surface area contributed by atoms with Gasteiger partial charge in [-0.1, -0.05) is 36.8 Å². The van der Waals surface area contributed by atoms with Gasteiger partial charge in [-0.05, 0) is 44.7 Å². The molecule has 0 aliphatic carbocycles. The average Bonchev–Trinajstić information content (AvgIpc) is 3.13. The second kappa shape index (κ2) is 10.9. The molecular weight excluding hydrogens is 414 g/mol. The Labute approximate surface area is 185 Å². The number of aryl methyl sites for hydroxylation is 1. The fourth-order valence-corrected chi connectivity index (χ4v) is 5.11. The number of hydrogen-bond acceptors (Lipinski definition) is 6. The lowest BCUT2D eigenvalue weighted by atomic mass is 9.99. The van der Waals surface area contributed by atoms with Crippen LogP contribution in [0.15, 0.2) is 41.7 Å². The van der Waals surface area contributed by atoms with E-state index in [1.165, 1.54) is 11.8 Å². The molecule has 0 N–H and O–H groups in total. The average molecular weight is 448 g/mol. The van der Waals surface area contributed by atoms with E-state index in [-0.39, 0.29) is 17.2 Å². The molecule has 2 heterocycles. The molecule has 1 aromatic heterocycles. The Bertz CT molecular complexity index is 956. The minimum atomic E-state index is -3.43. The SMILES string of the molecule is CCOC(=O)C[C@H]1CCCCN1Cc1cnc(S(C)(=O)=O)n1CCCc1ccccc1. The highest BCUT2D eigenvalue weighted by Crippen LogP contribution is 2.24. The summed E-state index contributed by atoms with van der Waals surface area (Å²) in [6.07, 6.45) is 8.05. The molecule has 0 radical (unpaired) electrons. The van der Waals surface area contributed by atoms with E-state index in [1.54, 1.807) is 6.20 Å². The van der Waals surface area contributed by atoms with Crippen molar-refractivity contribution in [3.63, 3.8) is 0 Å². The number of carbonyl (C=O) groups is 1. The van der Waals surface area contributed by atoms with Gasteiger partial charge in [0.25, 0.3) is 0 Å². The maximum absolute atomic E-state index is 12.3. The lowest BCUT2D eigenvalue weighted by Crippen LogP contribution is -2.41. The van der Waals surface area contributed by atoms with Gasteiger partial charge in [0.05, 0.1) is 24.9 Å². The van der Waals surface area contributed by atoms with Gasteiger partial charge in [-0.3, -0.25) is 9.69 Å². The Balaban J connectivity index is 1.74. The van der Waals surface area contributed by atoms with Crippen LogP contribution in [0.25, 0.3) is 0 Å². The molecule has 1 aromatic carbocycles. The van der Waals surface area contributed by atoms with Crippen LogP contribution in [0, 0.1) is 0 Å². The van der Waals surface area contributed by atoms with Crippen LogP contribution >= 0.6 is 0 Å². The molecule has 8 heteroatoms. The third-order valence-electron chi connectivity index (χ3n) is 5.75. The maximum Gasteiger partial charge on any atom is 0.307 e. The van der Waals surface area contributed by atoms with Crippen LogP contribution in [-0.2, 0) is 38.9 Å². The number of hydrogen-bond donors (Lipinski definition) is 0. The molecule has 1 aliphatic heterocycles. The first kappa shape index (κ1) is 23.5. The van der Waals surface area contributed by atoms with Gasteiger partial charge in [-0.2, -0.15) is 0 Å². The highest BCUT2D eigenvalue weighted by Gasteiger charge is 2.27. The van der Waals surface area contributed by atoms with Crippen LogP contribution in [0.1, 0.15) is 50.3 Å². The molecule has 31 heavy (non-hydrogen) atoms. The highest BCUT2D eigenvalue weighted by molar-refractivity contribution is 7.90. The van der Waals surface area contributed by atoms with Crippen molar-refractivity contribution in [3.8, 4) is 0 Å². The Kier molecular flexibility index (Phi) is 8.26. The number of rotatable bonds is 10. The predicted octanol–water partition coefficient (Wildman–Crippen LogP) is 3.23. The summed E-state index contributed by atoms with van der Waals surface area (Å²) in [7, 11) is -3.43. The zero-order chi connectivity index (χ0) is 22.3. The summed E-state index contributed by atoms with van der Waals surface area (Å²) in [4.78, 5) is 18.6. The Hall–Kier alpha value is -2.19. The molecule has 0 unspecified atom stereocenters. The summed E-state index contributed by atoms with van der Waals surface area (Å²) in [6, 6.07) is 10.3. The van der Waals surface area contributed by atoms with Crippen molar-refractivity contribution < 1.29 is 17.9 Å². The van der Waals surface area contributed by atoms with Crippen molar-refractivity contribution in [2.45, 2.75) is 69.7 Å². The maximum atomic E-state index is 12.3. The van der Waals surface area contributed by atoms with E-state index >= 15 is 0 Å². The molecule has 0 spiro atoms. The fourth-order valence-electron chi connectivity index (χ4n) is 4.26. The number of aromatic nitrogens is 2. The highest BCUT2D eigenvalue weighted by atomic mass is 32.2. The van der Waals surface area contributed by atoms with Crippen LogP contribution in [0.3, 0.4) is 0 Å². The smallest absolute Gasteiger partial charge is 0.307 e. The van der Waals surface area contributed by atoms with E-state index in [2.05, 4.69) is 22.0 Å². The first-order chi connectivity index (χ1) is 14.9. The van der Waals surface area contributed by atoms with Crippen molar-refractivity contribution in [1.29, 1.82) is 0 Å². The monoisotopic (exact) mass is 447 g/mol.